The molecule has 0 aliphatic rings. The minimum absolute atomic E-state index is 0.308. The maximum Gasteiger partial charge on any atom is 0.322 e. The molecule has 0 fully saturated rings. The summed E-state index contributed by atoms with van der Waals surface area (Å²) in [7, 11) is 0. The number of benzene rings is 1. The molecule has 4 nitrogen and oxygen atoms in total. The highest BCUT2D eigenvalue weighted by molar-refractivity contribution is 5.99. The van der Waals surface area contributed by atoms with E-state index in [2.05, 4.69) is 6.92 Å². The standard InChI is InChI=1S/C23H36O4/c1-4-5-6-7-8-9-13-18-26-21(24)23(2,3)22(25)27-19-14-17-20-15-11-10-12-16-20/h10-12,15-16H,4-9,13-14,17-19H2,1-3H3. The van der Waals surface area contributed by atoms with E-state index in [1.165, 1.54) is 37.7 Å². The fourth-order valence-electron chi connectivity index (χ4n) is 2.75. The van der Waals surface area contributed by atoms with Gasteiger partial charge in [-0.1, -0.05) is 75.8 Å². The van der Waals surface area contributed by atoms with Crippen molar-refractivity contribution in [1.29, 1.82) is 0 Å². The highest BCUT2D eigenvalue weighted by Crippen LogP contribution is 2.20. The lowest BCUT2D eigenvalue weighted by atomic mass is 9.94. The molecule has 0 saturated heterocycles. The van der Waals surface area contributed by atoms with Crippen LogP contribution in [0.1, 0.15) is 77.7 Å². The molecule has 0 N–H and O–H groups in total. The second-order valence-electron chi connectivity index (χ2n) is 7.61. The predicted molar refractivity (Wildman–Crippen MR) is 108 cm³/mol. The number of carbonyl (C=O) groups is 2. The summed E-state index contributed by atoms with van der Waals surface area (Å²) < 4.78 is 10.6. The molecule has 27 heavy (non-hydrogen) atoms. The summed E-state index contributed by atoms with van der Waals surface area (Å²) in [5.41, 5.74) is -0.0460. The first-order valence-electron chi connectivity index (χ1n) is 10.4. The monoisotopic (exact) mass is 376 g/mol. The summed E-state index contributed by atoms with van der Waals surface area (Å²) in [6, 6.07) is 10.1. The second kappa shape index (κ2) is 13.3. The van der Waals surface area contributed by atoms with Gasteiger partial charge in [0, 0.05) is 0 Å². The van der Waals surface area contributed by atoms with Crippen LogP contribution in [0, 0.1) is 5.41 Å². The lowest BCUT2D eigenvalue weighted by Crippen LogP contribution is -2.37. The summed E-state index contributed by atoms with van der Waals surface area (Å²) in [5, 5.41) is 0. The lowest BCUT2D eigenvalue weighted by Gasteiger charge is -2.20. The fourth-order valence-corrected chi connectivity index (χ4v) is 2.75. The summed E-state index contributed by atoms with van der Waals surface area (Å²) >= 11 is 0. The van der Waals surface area contributed by atoms with Gasteiger partial charge in [-0.25, -0.2) is 0 Å². The molecule has 0 spiro atoms. The summed E-state index contributed by atoms with van der Waals surface area (Å²) in [4.78, 5) is 24.4. The molecule has 1 aromatic rings. The van der Waals surface area contributed by atoms with Gasteiger partial charge in [-0.2, -0.15) is 0 Å². The molecular weight excluding hydrogens is 340 g/mol. The van der Waals surface area contributed by atoms with Crippen LogP contribution in [-0.4, -0.2) is 25.2 Å². The van der Waals surface area contributed by atoms with Gasteiger partial charge in [0.25, 0.3) is 0 Å². The predicted octanol–water partition coefficient (Wildman–Crippen LogP) is 5.48. The van der Waals surface area contributed by atoms with Crippen molar-refractivity contribution in [3.8, 4) is 0 Å². The van der Waals surface area contributed by atoms with Gasteiger partial charge in [0.15, 0.2) is 5.41 Å². The Morgan fingerprint density at radius 2 is 1.30 bits per heavy atom. The summed E-state index contributed by atoms with van der Waals surface area (Å²) in [5.74, 6) is -1.01. The zero-order chi connectivity index (χ0) is 20.0. The van der Waals surface area contributed by atoms with E-state index in [0.717, 1.165) is 25.7 Å². The molecule has 0 amide bonds. The van der Waals surface area contributed by atoms with Gasteiger partial charge in [-0.3, -0.25) is 9.59 Å². The molecule has 0 aromatic heterocycles. The number of hydrogen-bond acceptors (Lipinski definition) is 4. The third-order valence-electron chi connectivity index (χ3n) is 4.69. The molecular formula is C23H36O4. The lowest BCUT2D eigenvalue weighted by molar-refractivity contribution is -0.169. The van der Waals surface area contributed by atoms with Crippen LogP contribution in [0.25, 0.3) is 0 Å². The Bertz CT molecular complexity index is 537. The normalized spacial score (nSPS) is 11.2. The zero-order valence-electron chi connectivity index (χ0n) is 17.3. The van der Waals surface area contributed by atoms with E-state index >= 15 is 0 Å². The van der Waals surface area contributed by atoms with Crippen molar-refractivity contribution in [3.05, 3.63) is 35.9 Å². The van der Waals surface area contributed by atoms with Crippen molar-refractivity contribution >= 4 is 11.9 Å². The highest BCUT2D eigenvalue weighted by atomic mass is 16.6. The third kappa shape index (κ3) is 9.60. The molecule has 4 heteroatoms. The Labute approximate surface area is 164 Å². The van der Waals surface area contributed by atoms with E-state index in [1.54, 1.807) is 13.8 Å². The van der Waals surface area contributed by atoms with E-state index < -0.39 is 17.4 Å². The smallest absolute Gasteiger partial charge is 0.322 e. The van der Waals surface area contributed by atoms with E-state index in [4.69, 9.17) is 9.47 Å². The van der Waals surface area contributed by atoms with Gasteiger partial charge in [0.05, 0.1) is 13.2 Å². The van der Waals surface area contributed by atoms with Gasteiger partial charge < -0.3 is 9.47 Å². The Hall–Kier alpha value is -1.84. The van der Waals surface area contributed by atoms with Gasteiger partial charge in [0.1, 0.15) is 0 Å². The Kier molecular flexibility index (Phi) is 11.5. The third-order valence-corrected chi connectivity index (χ3v) is 4.69. The molecule has 152 valence electrons. The average Bonchev–Trinajstić information content (AvgIpc) is 2.67. The van der Waals surface area contributed by atoms with Crippen LogP contribution in [0.4, 0.5) is 0 Å². The van der Waals surface area contributed by atoms with Gasteiger partial charge in [0.2, 0.25) is 0 Å². The number of carbonyl (C=O) groups excluding carboxylic acids is 2. The van der Waals surface area contributed by atoms with E-state index in [1.807, 2.05) is 30.3 Å². The van der Waals surface area contributed by atoms with Crippen LogP contribution in [0.3, 0.4) is 0 Å². The maximum absolute atomic E-state index is 12.2. The maximum atomic E-state index is 12.2. The Morgan fingerprint density at radius 3 is 1.89 bits per heavy atom. The number of unbranched alkanes of at least 4 members (excludes halogenated alkanes) is 6. The minimum atomic E-state index is -1.26. The quantitative estimate of drug-likeness (QED) is 0.245. The van der Waals surface area contributed by atoms with Gasteiger partial charge in [-0.15, -0.1) is 0 Å². The minimum Gasteiger partial charge on any atom is -0.465 e. The molecule has 1 aromatic carbocycles. The van der Waals surface area contributed by atoms with Crippen molar-refractivity contribution in [2.75, 3.05) is 13.2 Å². The van der Waals surface area contributed by atoms with Crippen LogP contribution in [-0.2, 0) is 25.5 Å². The van der Waals surface area contributed by atoms with Crippen LogP contribution in [0.2, 0.25) is 0 Å². The Balaban J connectivity index is 2.17. The first-order valence-corrected chi connectivity index (χ1v) is 10.4. The van der Waals surface area contributed by atoms with Crippen molar-refractivity contribution < 1.29 is 19.1 Å². The number of rotatable bonds is 14. The molecule has 0 atom stereocenters. The van der Waals surface area contributed by atoms with E-state index in [-0.39, 0.29) is 0 Å². The van der Waals surface area contributed by atoms with Crippen LogP contribution in [0.5, 0.6) is 0 Å². The van der Waals surface area contributed by atoms with Crippen molar-refractivity contribution in [2.45, 2.75) is 78.6 Å². The first kappa shape index (κ1) is 23.2. The number of esters is 2. The van der Waals surface area contributed by atoms with E-state index in [0.29, 0.717) is 13.2 Å². The first-order chi connectivity index (χ1) is 13.0. The van der Waals surface area contributed by atoms with Crippen LogP contribution < -0.4 is 0 Å². The topological polar surface area (TPSA) is 52.6 Å². The number of ether oxygens (including phenoxy) is 2. The van der Waals surface area contributed by atoms with Gasteiger partial charge >= 0.3 is 11.9 Å². The summed E-state index contributed by atoms with van der Waals surface area (Å²) in [6.07, 6.45) is 9.70. The average molecular weight is 377 g/mol. The molecule has 0 heterocycles. The molecule has 0 aliphatic heterocycles. The molecule has 0 saturated carbocycles. The summed E-state index contributed by atoms with van der Waals surface area (Å²) in [6.45, 7) is 6.02. The van der Waals surface area contributed by atoms with Crippen LogP contribution in [0.15, 0.2) is 30.3 Å². The fraction of sp³-hybridized carbons (Fsp3) is 0.652. The van der Waals surface area contributed by atoms with E-state index in [9.17, 15) is 9.59 Å². The molecule has 0 bridgehead atoms. The zero-order valence-corrected chi connectivity index (χ0v) is 17.3. The van der Waals surface area contributed by atoms with Crippen molar-refractivity contribution in [1.82, 2.24) is 0 Å². The molecule has 1 rings (SSSR count). The van der Waals surface area contributed by atoms with Gasteiger partial charge in [-0.05, 0) is 38.7 Å². The highest BCUT2D eigenvalue weighted by Gasteiger charge is 2.39. The SMILES string of the molecule is CCCCCCCCCOC(=O)C(C)(C)C(=O)OCCCc1ccccc1. The second-order valence-corrected chi connectivity index (χ2v) is 7.61. The Morgan fingerprint density at radius 1 is 0.778 bits per heavy atom. The van der Waals surface area contributed by atoms with Crippen molar-refractivity contribution in [3.63, 3.8) is 0 Å². The largest absolute Gasteiger partial charge is 0.465 e. The molecule has 0 radical (unpaired) electrons. The molecule has 0 aliphatic carbocycles. The van der Waals surface area contributed by atoms with Crippen LogP contribution >= 0.6 is 0 Å². The molecule has 0 unspecified atom stereocenters. The number of hydrogen-bond donors (Lipinski definition) is 0. The number of aryl methyl sites for hydroxylation is 1. The van der Waals surface area contributed by atoms with Crippen molar-refractivity contribution in [2.24, 2.45) is 5.41 Å².